The minimum atomic E-state index is 0.681. The van der Waals surface area contributed by atoms with Gasteiger partial charge in [0.2, 0.25) is 0 Å². The molecule has 0 spiro atoms. The predicted molar refractivity (Wildman–Crippen MR) is 95.2 cm³/mol. The summed E-state index contributed by atoms with van der Waals surface area (Å²) in [6.07, 6.45) is 7.26. The second kappa shape index (κ2) is 8.68. The summed E-state index contributed by atoms with van der Waals surface area (Å²) in [6, 6.07) is 8.42. The van der Waals surface area contributed by atoms with E-state index in [1.807, 2.05) is 13.0 Å². The summed E-state index contributed by atoms with van der Waals surface area (Å²) in [7, 11) is 2.10. The van der Waals surface area contributed by atoms with E-state index in [9.17, 15) is 4.79 Å². The molecule has 1 saturated heterocycles. The van der Waals surface area contributed by atoms with Gasteiger partial charge in [-0.3, -0.25) is 4.79 Å². The number of allylic oxidation sites excluding steroid dienone is 3. The van der Waals surface area contributed by atoms with E-state index in [0.717, 1.165) is 55.6 Å². The number of nitrogens with zero attached hydrogens (tertiary/aromatic N) is 1. The number of aryl methyl sites for hydroxylation is 1. The molecule has 0 N–H and O–H groups in total. The van der Waals surface area contributed by atoms with E-state index >= 15 is 0 Å². The summed E-state index contributed by atoms with van der Waals surface area (Å²) in [6.45, 7) is 6.69. The molecule has 1 heterocycles. The molecule has 1 aliphatic rings. The van der Waals surface area contributed by atoms with Crippen LogP contribution in [-0.4, -0.2) is 38.0 Å². The molecule has 0 radical (unpaired) electrons. The number of hydrogen-bond acceptors (Lipinski definition) is 3. The molecule has 0 bridgehead atoms. The number of benzene rings is 1. The Balaban J connectivity index is 2.17. The summed E-state index contributed by atoms with van der Waals surface area (Å²) < 4.78 is 5.43. The molecule has 1 aromatic rings. The van der Waals surface area contributed by atoms with Crippen molar-refractivity contribution in [1.82, 2.24) is 4.90 Å². The minimum absolute atomic E-state index is 0.681. The van der Waals surface area contributed by atoms with Crippen LogP contribution < -0.4 is 0 Å². The van der Waals surface area contributed by atoms with E-state index in [1.165, 1.54) is 5.56 Å². The lowest BCUT2D eigenvalue weighted by molar-refractivity contribution is -0.104. The van der Waals surface area contributed by atoms with E-state index in [2.05, 4.69) is 49.3 Å². The predicted octanol–water partition coefficient (Wildman–Crippen LogP) is 3.84. The highest BCUT2D eigenvalue weighted by Gasteiger charge is 2.15. The maximum absolute atomic E-state index is 11.0. The smallest absolute Gasteiger partial charge is 0.145 e. The third kappa shape index (κ3) is 5.68. The molecule has 1 aromatic carbocycles. The van der Waals surface area contributed by atoms with Crippen LogP contribution in [-0.2, 0) is 9.53 Å². The molecule has 0 unspecified atom stereocenters. The Morgan fingerprint density at radius 1 is 1.26 bits per heavy atom. The van der Waals surface area contributed by atoms with Crippen molar-refractivity contribution in [3.05, 3.63) is 53.2 Å². The zero-order valence-electron chi connectivity index (χ0n) is 14.4. The lowest BCUT2D eigenvalue weighted by Crippen LogP contribution is -2.26. The molecule has 2 rings (SSSR count). The molecule has 23 heavy (non-hydrogen) atoms. The molecule has 1 fully saturated rings. The molecule has 0 amide bonds. The maximum Gasteiger partial charge on any atom is 0.145 e. The van der Waals surface area contributed by atoms with Gasteiger partial charge in [-0.15, -0.1) is 0 Å². The third-order valence-electron chi connectivity index (χ3n) is 4.20. The Hall–Kier alpha value is -1.87. The number of aldehydes is 1. The molecule has 0 atom stereocenters. The highest BCUT2D eigenvalue weighted by Crippen LogP contribution is 2.21. The Morgan fingerprint density at radius 3 is 2.52 bits per heavy atom. The van der Waals surface area contributed by atoms with Gasteiger partial charge in [-0.05, 0) is 55.4 Å². The highest BCUT2D eigenvalue weighted by molar-refractivity contribution is 5.82. The van der Waals surface area contributed by atoms with Crippen molar-refractivity contribution in [2.45, 2.75) is 26.7 Å². The molecule has 0 saturated carbocycles. The van der Waals surface area contributed by atoms with Gasteiger partial charge in [0.25, 0.3) is 0 Å². The first kappa shape index (κ1) is 17.5. The van der Waals surface area contributed by atoms with E-state index in [-0.39, 0.29) is 0 Å². The second-order valence-electron chi connectivity index (χ2n) is 6.45. The van der Waals surface area contributed by atoms with Crippen LogP contribution in [0, 0.1) is 12.8 Å². The van der Waals surface area contributed by atoms with Crippen LogP contribution in [0.5, 0.6) is 0 Å². The Bertz CT molecular complexity index is 566. The van der Waals surface area contributed by atoms with Crippen molar-refractivity contribution in [2.75, 3.05) is 26.8 Å². The van der Waals surface area contributed by atoms with Crippen molar-refractivity contribution in [3.8, 4) is 0 Å². The first-order valence-corrected chi connectivity index (χ1v) is 8.29. The normalized spacial score (nSPS) is 17.2. The van der Waals surface area contributed by atoms with Crippen LogP contribution in [0.4, 0.5) is 0 Å². The Morgan fingerprint density at radius 2 is 1.91 bits per heavy atom. The van der Waals surface area contributed by atoms with E-state index in [0.29, 0.717) is 5.92 Å². The van der Waals surface area contributed by atoms with Gasteiger partial charge >= 0.3 is 0 Å². The SMILES string of the molecule is C/C(C=O)=C/C(=C\N(C)CC1CCOCC1)c1ccc(C)cc1. The number of carbonyl (C=O) groups excluding carboxylic acids is 1. The van der Waals surface area contributed by atoms with Crippen molar-refractivity contribution >= 4 is 11.9 Å². The Kier molecular flexibility index (Phi) is 6.60. The molecule has 1 aliphatic heterocycles. The van der Waals surface area contributed by atoms with Gasteiger partial charge < -0.3 is 9.64 Å². The van der Waals surface area contributed by atoms with Crippen molar-refractivity contribution < 1.29 is 9.53 Å². The monoisotopic (exact) mass is 313 g/mol. The van der Waals surface area contributed by atoms with Crippen LogP contribution >= 0.6 is 0 Å². The summed E-state index contributed by atoms with van der Waals surface area (Å²) in [5.74, 6) is 0.681. The van der Waals surface area contributed by atoms with Crippen molar-refractivity contribution in [2.24, 2.45) is 5.92 Å². The lowest BCUT2D eigenvalue weighted by atomic mass is 9.99. The zero-order valence-corrected chi connectivity index (χ0v) is 14.4. The average molecular weight is 313 g/mol. The fourth-order valence-electron chi connectivity index (χ4n) is 2.85. The molecule has 0 aromatic heterocycles. The van der Waals surface area contributed by atoms with Gasteiger partial charge in [0.1, 0.15) is 6.29 Å². The van der Waals surface area contributed by atoms with E-state index in [4.69, 9.17) is 4.74 Å². The molecule has 3 nitrogen and oxygen atoms in total. The molecule has 3 heteroatoms. The summed E-state index contributed by atoms with van der Waals surface area (Å²) in [5, 5.41) is 0. The maximum atomic E-state index is 11.0. The largest absolute Gasteiger partial charge is 0.381 e. The first-order valence-electron chi connectivity index (χ1n) is 8.29. The minimum Gasteiger partial charge on any atom is -0.381 e. The van der Waals surface area contributed by atoms with Crippen LogP contribution in [0.3, 0.4) is 0 Å². The van der Waals surface area contributed by atoms with Crippen molar-refractivity contribution in [1.29, 1.82) is 0 Å². The lowest BCUT2D eigenvalue weighted by Gasteiger charge is -2.26. The van der Waals surface area contributed by atoms with Gasteiger partial charge in [0.05, 0.1) is 0 Å². The van der Waals surface area contributed by atoms with Gasteiger partial charge in [0, 0.05) is 33.0 Å². The average Bonchev–Trinajstić information content (AvgIpc) is 2.55. The third-order valence-corrected chi connectivity index (χ3v) is 4.20. The van der Waals surface area contributed by atoms with Gasteiger partial charge in [-0.2, -0.15) is 0 Å². The van der Waals surface area contributed by atoms with Crippen LogP contribution in [0.1, 0.15) is 30.9 Å². The standard InChI is InChI=1S/C20H27NO2/c1-16-4-6-19(7-5-16)20(12-17(2)15-22)14-21(3)13-18-8-10-23-11-9-18/h4-7,12,14-15,18H,8-11,13H2,1-3H3/b17-12-,20-14+. The van der Waals surface area contributed by atoms with Crippen LogP contribution in [0.15, 0.2) is 42.1 Å². The van der Waals surface area contributed by atoms with Crippen LogP contribution in [0.25, 0.3) is 5.57 Å². The van der Waals surface area contributed by atoms with Gasteiger partial charge in [0.15, 0.2) is 0 Å². The molecule has 0 aliphatic carbocycles. The van der Waals surface area contributed by atoms with Gasteiger partial charge in [-0.25, -0.2) is 0 Å². The van der Waals surface area contributed by atoms with E-state index in [1.54, 1.807) is 0 Å². The zero-order chi connectivity index (χ0) is 16.7. The van der Waals surface area contributed by atoms with Gasteiger partial charge in [-0.1, -0.05) is 29.8 Å². The van der Waals surface area contributed by atoms with Crippen molar-refractivity contribution in [3.63, 3.8) is 0 Å². The number of hydrogen-bond donors (Lipinski definition) is 0. The first-order chi connectivity index (χ1) is 11.1. The summed E-state index contributed by atoms with van der Waals surface area (Å²) in [4.78, 5) is 13.2. The second-order valence-corrected chi connectivity index (χ2v) is 6.45. The fourth-order valence-corrected chi connectivity index (χ4v) is 2.85. The topological polar surface area (TPSA) is 29.5 Å². The highest BCUT2D eigenvalue weighted by atomic mass is 16.5. The fraction of sp³-hybridized carbons (Fsp3) is 0.450. The Labute approximate surface area is 139 Å². The number of carbonyl (C=O) groups is 1. The van der Waals surface area contributed by atoms with Crippen LogP contribution in [0.2, 0.25) is 0 Å². The number of ether oxygens (including phenoxy) is 1. The molecular formula is C20H27NO2. The summed E-state index contributed by atoms with van der Waals surface area (Å²) in [5.41, 5.74) is 4.18. The summed E-state index contributed by atoms with van der Waals surface area (Å²) >= 11 is 0. The number of rotatable bonds is 6. The molecular weight excluding hydrogens is 286 g/mol. The van der Waals surface area contributed by atoms with E-state index < -0.39 is 0 Å². The molecule has 124 valence electrons. The quantitative estimate of drug-likeness (QED) is 0.454.